The van der Waals surface area contributed by atoms with Gasteiger partial charge in [0.05, 0.1) is 30.4 Å². The number of fused-ring (bicyclic) bond motifs is 3. The number of hydrogen-bond acceptors (Lipinski definition) is 6. The molecule has 8 heteroatoms. The molecule has 5 rings (SSSR count). The van der Waals surface area contributed by atoms with Crippen molar-refractivity contribution in [2.24, 2.45) is 5.92 Å². The van der Waals surface area contributed by atoms with Crippen molar-refractivity contribution < 1.29 is 9.53 Å². The molecule has 0 saturated carbocycles. The van der Waals surface area contributed by atoms with E-state index < -0.39 is 0 Å². The fourth-order valence-corrected chi connectivity index (χ4v) is 6.56. The molecule has 0 amide bonds. The first-order chi connectivity index (χ1) is 16.9. The zero-order valence-corrected chi connectivity index (χ0v) is 22.7. The molecule has 0 spiro atoms. The van der Waals surface area contributed by atoms with Gasteiger partial charge in [-0.2, -0.15) is 0 Å². The van der Waals surface area contributed by atoms with Crippen molar-refractivity contribution in [3.8, 4) is 0 Å². The number of rotatable bonds is 7. The van der Waals surface area contributed by atoms with Gasteiger partial charge in [0, 0.05) is 21.3 Å². The Morgan fingerprint density at radius 2 is 1.94 bits per heavy atom. The predicted octanol–water partition coefficient (Wildman–Crippen LogP) is 6.34. The number of ketones is 1. The highest BCUT2D eigenvalue weighted by atomic mass is 79.9. The monoisotopic (exact) mass is 568 g/mol. The Labute approximate surface area is 220 Å². The van der Waals surface area contributed by atoms with Gasteiger partial charge >= 0.3 is 0 Å². The zero-order valence-electron chi connectivity index (χ0n) is 19.5. The molecule has 3 heterocycles. The molecule has 0 bridgehead atoms. The largest absolute Gasteiger partial charge is 0.372 e. The number of hydrogen-bond donors (Lipinski definition) is 0. The van der Waals surface area contributed by atoms with Crippen LogP contribution in [-0.2, 0) is 24.3 Å². The third-order valence-electron chi connectivity index (χ3n) is 6.22. The van der Waals surface area contributed by atoms with Crippen LogP contribution in [0, 0.1) is 5.92 Å². The van der Waals surface area contributed by atoms with E-state index in [1.165, 1.54) is 23.1 Å². The maximum Gasteiger partial charge on any atom is 0.263 e. The van der Waals surface area contributed by atoms with E-state index in [2.05, 4.69) is 29.8 Å². The molecule has 4 aromatic rings. The molecule has 0 N–H and O–H groups in total. The second-order valence-corrected chi connectivity index (χ2v) is 11.9. The van der Waals surface area contributed by atoms with Gasteiger partial charge < -0.3 is 4.74 Å². The molecule has 0 saturated heterocycles. The third kappa shape index (κ3) is 5.16. The average Bonchev–Trinajstić information content (AvgIpc) is 3.23. The summed E-state index contributed by atoms with van der Waals surface area (Å²) in [4.78, 5) is 33.5. The SMILES string of the molecule is CC(C)C1Cc2c(sc3nc(SCC(=O)c4ccc(Br)cc4)n(Cc4ccccc4)c(=O)c23)CO1. The topological polar surface area (TPSA) is 61.2 Å². The van der Waals surface area contributed by atoms with Crippen molar-refractivity contribution in [1.29, 1.82) is 0 Å². The van der Waals surface area contributed by atoms with Gasteiger partial charge in [-0.25, -0.2) is 4.98 Å². The van der Waals surface area contributed by atoms with E-state index in [9.17, 15) is 9.59 Å². The molecule has 2 aromatic heterocycles. The normalized spacial score (nSPS) is 15.5. The van der Waals surface area contributed by atoms with Crippen molar-refractivity contribution in [3.63, 3.8) is 0 Å². The fraction of sp³-hybridized carbons (Fsp3) is 0.296. The van der Waals surface area contributed by atoms with Gasteiger partial charge in [0.2, 0.25) is 0 Å². The van der Waals surface area contributed by atoms with E-state index in [0.29, 0.717) is 35.2 Å². The maximum absolute atomic E-state index is 13.9. The molecule has 2 aromatic carbocycles. The summed E-state index contributed by atoms with van der Waals surface area (Å²) in [6.07, 6.45) is 0.823. The first-order valence-corrected chi connectivity index (χ1v) is 14.1. The summed E-state index contributed by atoms with van der Waals surface area (Å²) in [5, 5.41) is 1.27. The van der Waals surface area contributed by atoms with Gasteiger partial charge in [0.15, 0.2) is 10.9 Å². The van der Waals surface area contributed by atoms with E-state index in [4.69, 9.17) is 9.72 Å². The van der Waals surface area contributed by atoms with E-state index in [1.54, 1.807) is 16.7 Å². The molecular formula is C27H25BrN2O3S2. The molecule has 1 unspecified atom stereocenters. The minimum Gasteiger partial charge on any atom is -0.372 e. The predicted molar refractivity (Wildman–Crippen MR) is 146 cm³/mol. The zero-order chi connectivity index (χ0) is 24.5. The molecule has 35 heavy (non-hydrogen) atoms. The molecule has 1 aliphatic rings. The molecule has 0 aliphatic carbocycles. The number of carbonyl (C=O) groups excluding carboxylic acids is 1. The van der Waals surface area contributed by atoms with Gasteiger partial charge in [-0.1, -0.05) is 84.0 Å². The van der Waals surface area contributed by atoms with E-state index >= 15 is 0 Å². The summed E-state index contributed by atoms with van der Waals surface area (Å²) in [6, 6.07) is 17.2. The summed E-state index contributed by atoms with van der Waals surface area (Å²) >= 11 is 6.26. The lowest BCUT2D eigenvalue weighted by atomic mass is 9.96. The quantitative estimate of drug-likeness (QED) is 0.148. The maximum atomic E-state index is 13.9. The Morgan fingerprint density at radius 3 is 2.66 bits per heavy atom. The summed E-state index contributed by atoms with van der Waals surface area (Å²) in [7, 11) is 0. The Morgan fingerprint density at radius 1 is 1.20 bits per heavy atom. The minimum absolute atomic E-state index is 0.00163. The number of thiophene rings is 1. The molecule has 1 atom stereocenters. The van der Waals surface area contributed by atoms with Crippen molar-refractivity contribution in [2.75, 3.05) is 5.75 Å². The van der Waals surface area contributed by atoms with Crippen LogP contribution in [0.15, 0.2) is 69.0 Å². The lowest BCUT2D eigenvalue weighted by Gasteiger charge is -2.26. The first kappa shape index (κ1) is 24.4. The van der Waals surface area contributed by atoms with E-state index in [-0.39, 0.29) is 23.2 Å². The van der Waals surface area contributed by atoms with Crippen LogP contribution in [0.2, 0.25) is 0 Å². The van der Waals surface area contributed by atoms with Crippen molar-refractivity contribution in [3.05, 3.63) is 91.0 Å². The highest BCUT2D eigenvalue weighted by Gasteiger charge is 2.28. The minimum atomic E-state index is -0.0423. The lowest BCUT2D eigenvalue weighted by molar-refractivity contribution is 0.00200. The number of nitrogens with zero attached hydrogens (tertiary/aromatic N) is 2. The molecule has 0 radical (unpaired) electrons. The number of thioether (sulfide) groups is 1. The Bertz CT molecular complexity index is 1430. The second kappa shape index (κ2) is 10.4. The number of benzene rings is 2. The standard InChI is InChI=1S/C27H25BrN2O3S2/c1-16(2)22-12-20-23(14-33-22)35-25-24(20)26(32)30(13-17-6-4-3-5-7-17)27(29-25)34-15-21(31)18-8-10-19(28)11-9-18/h3-11,16,22H,12-15H2,1-2H3. The van der Waals surface area contributed by atoms with Crippen LogP contribution in [-0.4, -0.2) is 27.2 Å². The summed E-state index contributed by atoms with van der Waals surface area (Å²) in [6.45, 7) is 5.22. The average molecular weight is 570 g/mol. The van der Waals surface area contributed by atoms with Gasteiger partial charge in [-0.05, 0) is 29.2 Å². The summed E-state index contributed by atoms with van der Waals surface area (Å²) < 4.78 is 8.70. The number of ether oxygens (including phenoxy) is 1. The smallest absolute Gasteiger partial charge is 0.263 e. The molecular weight excluding hydrogens is 544 g/mol. The fourth-order valence-electron chi connectivity index (χ4n) is 4.23. The third-order valence-corrected chi connectivity index (χ3v) is 8.82. The van der Waals surface area contributed by atoms with Crippen LogP contribution >= 0.6 is 39.0 Å². The van der Waals surface area contributed by atoms with Gasteiger partial charge in [0.25, 0.3) is 5.56 Å². The molecule has 5 nitrogen and oxygen atoms in total. The highest BCUT2D eigenvalue weighted by Crippen LogP contribution is 2.36. The Balaban J connectivity index is 1.54. The number of carbonyl (C=O) groups is 1. The Hall–Kier alpha value is -2.26. The highest BCUT2D eigenvalue weighted by molar-refractivity contribution is 9.10. The van der Waals surface area contributed by atoms with Gasteiger partial charge in [-0.15, -0.1) is 11.3 Å². The van der Waals surface area contributed by atoms with Crippen LogP contribution in [0.4, 0.5) is 0 Å². The van der Waals surface area contributed by atoms with Crippen LogP contribution < -0.4 is 5.56 Å². The van der Waals surface area contributed by atoms with Gasteiger partial charge in [-0.3, -0.25) is 14.2 Å². The molecule has 1 aliphatic heterocycles. The first-order valence-electron chi connectivity index (χ1n) is 11.5. The van der Waals surface area contributed by atoms with Crippen LogP contribution in [0.5, 0.6) is 0 Å². The lowest BCUT2D eigenvalue weighted by Crippen LogP contribution is -2.29. The summed E-state index contributed by atoms with van der Waals surface area (Å²) in [5.74, 6) is 0.580. The van der Waals surface area contributed by atoms with Crippen LogP contribution in [0.25, 0.3) is 10.2 Å². The van der Waals surface area contributed by atoms with Crippen molar-refractivity contribution >= 4 is 55.0 Å². The van der Waals surface area contributed by atoms with E-state index in [0.717, 1.165) is 31.7 Å². The Kier molecular flexibility index (Phi) is 7.25. The van der Waals surface area contributed by atoms with Crippen molar-refractivity contribution in [2.45, 2.75) is 44.7 Å². The number of Topliss-reactive ketones (excluding diaryl/α,β-unsaturated/α-hetero) is 1. The van der Waals surface area contributed by atoms with Crippen molar-refractivity contribution in [1.82, 2.24) is 9.55 Å². The number of aromatic nitrogens is 2. The van der Waals surface area contributed by atoms with Crippen LogP contribution in [0.1, 0.15) is 40.2 Å². The molecule has 180 valence electrons. The van der Waals surface area contributed by atoms with Gasteiger partial charge in [0.1, 0.15) is 4.83 Å². The van der Waals surface area contributed by atoms with E-state index in [1.807, 2.05) is 42.5 Å². The number of halogens is 1. The molecule has 0 fully saturated rings. The second-order valence-electron chi connectivity index (χ2n) is 8.97. The van der Waals surface area contributed by atoms with Crippen LogP contribution in [0.3, 0.4) is 0 Å². The summed E-state index contributed by atoms with van der Waals surface area (Å²) in [5.41, 5.74) is 2.70.